The van der Waals surface area contributed by atoms with Gasteiger partial charge in [0.2, 0.25) is 0 Å². The van der Waals surface area contributed by atoms with Crippen molar-refractivity contribution in [1.82, 2.24) is 9.88 Å². The SMILES string of the molecule is CN(C)CCOc1ccc(NC(=O)c2cnc3ccccc3c2C(F)(F)F)cc1. The van der Waals surface area contributed by atoms with E-state index in [1.54, 1.807) is 30.3 Å². The number of anilines is 1. The van der Waals surface area contributed by atoms with Crippen LogP contribution in [-0.2, 0) is 6.18 Å². The van der Waals surface area contributed by atoms with Crippen LogP contribution in [0.3, 0.4) is 0 Å². The molecule has 3 aromatic rings. The third-order valence-corrected chi connectivity index (χ3v) is 4.22. The van der Waals surface area contributed by atoms with Gasteiger partial charge in [-0.2, -0.15) is 13.2 Å². The third-order valence-electron chi connectivity index (χ3n) is 4.22. The molecule has 3 rings (SSSR count). The van der Waals surface area contributed by atoms with Crippen LogP contribution in [-0.4, -0.2) is 43.0 Å². The number of alkyl halides is 3. The molecule has 0 saturated heterocycles. The number of carbonyl (C=O) groups excluding carboxylic acids is 1. The van der Waals surface area contributed by atoms with Gasteiger partial charge in [0.15, 0.2) is 0 Å². The van der Waals surface area contributed by atoms with E-state index in [0.29, 0.717) is 18.0 Å². The Balaban J connectivity index is 1.81. The molecule has 0 bridgehead atoms. The van der Waals surface area contributed by atoms with Gasteiger partial charge in [0.05, 0.1) is 16.6 Å². The van der Waals surface area contributed by atoms with Crippen LogP contribution in [0.1, 0.15) is 15.9 Å². The largest absolute Gasteiger partial charge is 0.492 e. The molecule has 0 aliphatic carbocycles. The minimum Gasteiger partial charge on any atom is -0.492 e. The second-order valence-electron chi connectivity index (χ2n) is 6.69. The monoisotopic (exact) mass is 403 g/mol. The molecule has 1 heterocycles. The molecule has 0 aliphatic rings. The number of aromatic nitrogens is 1. The lowest BCUT2D eigenvalue weighted by molar-refractivity contribution is -0.136. The van der Waals surface area contributed by atoms with Crippen molar-refractivity contribution in [1.29, 1.82) is 0 Å². The Morgan fingerprint density at radius 1 is 1.10 bits per heavy atom. The van der Waals surface area contributed by atoms with Crippen LogP contribution in [0, 0.1) is 0 Å². The highest BCUT2D eigenvalue weighted by Crippen LogP contribution is 2.37. The molecule has 1 N–H and O–H groups in total. The molecule has 5 nitrogen and oxygen atoms in total. The number of likely N-dealkylation sites (N-methyl/N-ethyl adjacent to an activating group) is 1. The maximum absolute atomic E-state index is 13.7. The molecule has 0 fully saturated rings. The smallest absolute Gasteiger partial charge is 0.417 e. The van der Waals surface area contributed by atoms with Crippen molar-refractivity contribution in [2.45, 2.75) is 6.18 Å². The molecular weight excluding hydrogens is 383 g/mol. The van der Waals surface area contributed by atoms with Gasteiger partial charge in [0.1, 0.15) is 12.4 Å². The van der Waals surface area contributed by atoms with Crippen LogP contribution >= 0.6 is 0 Å². The summed E-state index contributed by atoms with van der Waals surface area (Å²) in [5.74, 6) is -0.273. The number of para-hydroxylation sites is 1. The molecule has 0 spiro atoms. The Bertz CT molecular complexity index is 1000. The molecule has 1 aromatic heterocycles. The zero-order chi connectivity index (χ0) is 21.0. The molecular formula is C21H20F3N3O2. The predicted octanol–water partition coefficient (Wildman–Crippen LogP) is 4.45. The van der Waals surface area contributed by atoms with Gasteiger partial charge >= 0.3 is 6.18 Å². The number of hydrogen-bond donors (Lipinski definition) is 1. The highest BCUT2D eigenvalue weighted by Gasteiger charge is 2.37. The predicted molar refractivity (Wildman–Crippen MR) is 105 cm³/mol. The first kappa shape index (κ1) is 20.6. The molecule has 0 unspecified atom stereocenters. The van der Waals surface area contributed by atoms with Crippen molar-refractivity contribution >= 4 is 22.5 Å². The van der Waals surface area contributed by atoms with Crippen LogP contribution < -0.4 is 10.1 Å². The van der Waals surface area contributed by atoms with Crippen molar-refractivity contribution in [3.63, 3.8) is 0 Å². The van der Waals surface area contributed by atoms with Crippen molar-refractivity contribution in [2.24, 2.45) is 0 Å². The van der Waals surface area contributed by atoms with E-state index in [2.05, 4.69) is 10.3 Å². The summed E-state index contributed by atoms with van der Waals surface area (Å²) >= 11 is 0. The Morgan fingerprint density at radius 3 is 2.45 bits per heavy atom. The van der Waals surface area contributed by atoms with Crippen LogP contribution in [0.2, 0.25) is 0 Å². The van der Waals surface area contributed by atoms with Crippen molar-refractivity contribution in [3.05, 3.63) is 65.9 Å². The molecule has 1 amide bonds. The lowest BCUT2D eigenvalue weighted by Gasteiger charge is -2.15. The van der Waals surface area contributed by atoms with Crippen LogP contribution in [0.25, 0.3) is 10.9 Å². The maximum atomic E-state index is 13.7. The minimum absolute atomic E-state index is 0.114. The van der Waals surface area contributed by atoms with Crippen molar-refractivity contribution in [3.8, 4) is 5.75 Å². The number of nitrogens with zero attached hydrogens (tertiary/aromatic N) is 2. The van der Waals surface area contributed by atoms with Gasteiger partial charge in [-0.3, -0.25) is 9.78 Å². The molecule has 29 heavy (non-hydrogen) atoms. The van der Waals surface area contributed by atoms with Gasteiger partial charge in [-0.25, -0.2) is 0 Å². The van der Waals surface area contributed by atoms with Gasteiger partial charge in [-0.05, 0) is 44.4 Å². The Labute approximate surface area is 166 Å². The Hall–Kier alpha value is -3.13. The highest BCUT2D eigenvalue weighted by molar-refractivity contribution is 6.07. The topological polar surface area (TPSA) is 54.5 Å². The quantitative estimate of drug-likeness (QED) is 0.661. The summed E-state index contributed by atoms with van der Waals surface area (Å²) in [7, 11) is 3.86. The number of carbonyl (C=O) groups is 1. The summed E-state index contributed by atoms with van der Waals surface area (Å²) in [4.78, 5) is 18.5. The number of pyridine rings is 1. The first-order valence-electron chi connectivity index (χ1n) is 8.89. The van der Waals surface area contributed by atoms with Gasteiger partial charge in [0.25, 0.3) is 5.91 Å². The average molecular weight is 403 g/mol. The van der Waals surface area contributed by atoms with Crippen LogP contribution in [0.4, 0.5) is 18.9 Å². The van der Waals surface area contributed by atoms with E-state index < -0.39 is 23.2 Å². The average Bonchev–Trinajstić information content (AvgIpc) is 2.67. The molecule has 8 heteroatoms. The summed E-state index contributed by atoms with van der Waals surface area (Å²) in [6.07, 6.45) is -3.74. The van der Waals surface area contributed by atoms with E-state index in [1.165, 1.54) is 18.2 Å². The Morgan fingerprint density at radius 2 is 1.79 bits per heavy atom. The number of amides is 1. The molecule has 0 radical (unpaired) electrons. The first-order chi connectivity index (χ1) is 13.8. The van der Waals surface area contributed by atoms with E-state index in [4.69, 9.17) is 4.74 Å². The van der Waals surface area contributed by atoms with Crippen molar-refractivity contribution < 1.29 is 22.7 Å². The standard InChI is InChI=1S/C21H20F3N3O2/c1-27(2)11-12-29-15-9-7-14(8-10-15)26-20(28)17-13-25-18-6-4-3-5-16(18)19(17)21(22,23)24/h3-10,13H,11-12H2,1-2H3,(H,26,28). The second-order valence-corrected chi connectivity index (χ2v) is 6.69. The minimum atomic E-state index is -4.70. The van der Waals surface area contributed by atoms with E-state index >= 15 is 0 Å². The second kappa shape index (κ2) is 8.48. The lowest BCUT2D eigenvalue weighted by Crippen LogP contribution is -2.20. The molecule has 0 aliphatic heterocycles. The first-order valence-corrected chi connectivity index (χ1v) is 8.89. The fourth-order valence-corrected chi connectivity index (χ4v) is 2.80. The Kier molecular flexibility index (Phi) is 6.03. The zero-order valence-corrected chi connectivity index (χ0v) is 16.0. The van der Waals surface area contributed by atoms with E-state index in [-0.39, 0.29) is 10.9 Å². The number of halogens is 3. The third kappa shape index (κ3) is 5.03. The normalized spacial score (nSPS) is 11.7. The van der Waals surface area contributed by atoms with E-state index in [1.807, 2.05) is 19.0 Å². The number of hydrogen-bond acceptors (Lipinski definition) is 4. The fourth-order valence-electron chi connectivity index (χ4n) is 2.80. The molecule has 0 atom stereocenters. The van der Waals surface area contributed by atoms with Crippen molar-refractivity contribution in [2.75, 3.05) is 32.6 Å². The maximum Gasteiger partial charge on any atom is 0.417 e. The molecule has 0 saturated carbocycles. The van der Waals surface area contributed by atoms with Crippen LogP contribution in [0.5, 0.6) is 5.75 Å². The van der Waals surface area contributed by atoms with Gasteiger partial charge in [-0.15, -0.1) is 0 Å². The zero-order valence-electron chi connectivity index (χ0n) is 16.0. The van der Waals surface area contributed by atoms with Gasteiger partial charge < -0.3 is 15.0 Å². The number of fused-ring (bicyclic) bond motifs is 1. The molecule has 152 valence electrons. The summed E-state index contributed by atoms with van der Waals surface area (Å²) in [6, 6.07) is 12.3. The van der Waals surface area contributed by atoms with Crippen LogP contribution in [0.15, 0.2) is 54.7 Å². The summed E-state index contributed by atoms with van der Waals surface area (Å²) in [6.45, 7) is 1.24. The number of benzene rings is 2. The van der Waals surface area contributed by atoms with Gasteiger partial charge in [-0.1, -0.05) is 18.2 Å². The van der Waals surface area contributed by atoms with E-state index in [0.717, 1.165) is 12.7 Å². The fraction of sp³-hybridized carbons (Fsp3) is 0.238. The summed E-state index contributed by atoms with van der Waals surface area (Å²) in [5.41, 5.74) is -0.987. The van der Waals surface area contributed by atoms with E-state index in [9.17, 15) is 18.0 Å². The number of ether oxygens (including phenoxy) is 1. The highest BCUT2D eigenvalue weighted by atomic mass is 19.4. The number of nitrogens with one attached hydrogen (secondary N) is 1. The summed E-state index contributed by atoms with van der Waals surface area (Å²) in [5, 5.41) is 2.38. The number of rotatable bonds is 6. The summed E-state index contributed by atoms with van der Waals surface area (Å²) < 4.78 is 46.6. The molecule has 2 aromatic carbocycles. The lowest BCUT2D eigenvalue weighted by atomic mass is 10.0. The van der Waals surface area contributed by atoms with Gasteiger partial charge in [0, 0.05) is 23.8 Å².